The molecule has 0 radical (unpaired) electrons. The number of aromatic nitrogens is 1. The van der Waals surface area contributed by atoms with Gasteiger partial charge in [0.25, 0.3) is 10.0 Å². The molecule has 7 nitrogen and oxygen atoms in total. The molecule has 28 heavy (non-hydrogen) atoms. The number of benzene rings is 1. The van der Waals surface area contributed by atoms with E-state index in [-0.39, 0.29) is 30.0 Å². The van der Waals surface area contributed by atoms with Crippen molar-refractivity contribution in [3.05, 3.63) is 71.2 Å². The van der Waals surface area contributed by atoms with Crippen LogP contribution < -0.4 is 5.32 Å². The second-order valence-electron chi connectivity index (χ2n) is 6.79. The zero-order chi connectivity index (χ0) is 19.7. The van der Waals surface area contributed by atoms with Gasteiger partial charge in [0.1, 0.15) is 5.82 Å². The molecule has 1 aromatic heterocycles. The monoisotopic (exact) mass is 402 g/mol. The lowest BCUT2D eigenvalue weighted by Crippen LogP contribution is -2.41. The topological polar surface area (TPSA) is 82.6 Å². The summed E-state index contributed by atoms with van der Waals surface area (Å²) < 4.78 is 39.7. The lowest BCUT2D eigenvalue weighted by molar-refractivity contribution is 0.208. The fraction of sp³-hybridized carbons (Fsp3) is 0.263. The van der Waals surface area contributed by atoms with Crippen molar-refractivity contribution in [2.45, 2.75) is 11.6 Å². The highest BCUT2D eigenvalue weighted by molar-refractivity contribution is 7.89. The molecule has 0 saturated carbocycles. The molecule has 4 rings (SSSR count). The number of rotatable bonds is 4. The summed E-state index contributed by atoms with van der Waals surface area (Å²) in [6.07, 6.45) is 1.46. The standard InChI is InChI=1S/C19H19FN4O3S/c20-17-6-4-14(5-7-17)9-22-19(25)23-10-15-12-24(13-16(15)11-23)28(26,27)18-3-1-2-8-21-18/h1-8H,9-13H2,(H,22,25). The smallest absolute Gasteiger partial charge is 0.318 e. The zero-order valence-corrected chi connectivity index (χ0v) is 15.8. The van der Waals surface area contributed by atoms with Crippen molar-refractivity contribution in [2.24, 2.45) is 0 Å². The van der Waals surface area contributed by atoms with Gasteiger partial charge in [-0.1, -0.05) is 18.2 Å². The molecular weight excluding hydrogens is 383 g/mol. The molecule has 2 aliphatic heterocycles. The van der Waals surface area contributed by atoms with Crippen LogP contribution in [0.4, 0.5) is 9.18 Å². The molecule has 1 N–H and O–H groups in total. The van der Waals surface area contributed by atoms with Crippen molar-refractivity contribution in [2.75, 3.05) is 26.2 Å². The number of hydrogen-bond donors (Lipinski definition) is 1. The summed E-state index contributed by atoms with van der Waals surface area (Å²) in [6, 6.07) is 10.5. The van der Waals surface area contributed by atoms with Crippen LogP contribution in [0.1, 0.15) is 5.56 Å². The maximum absolute atomic E-state index is 12.9. The predicted octanol–water partition coefficient (Wildman–Crippen LogP) is 1.75. The molecular formula is C19H19FN4O3S. The Kier molecular flexibility index (Phi) is 4.86. The Morgan fingerprint density at radius 2 is 1.71 bits per heavy atom. The van der Waals surface area contributed by atoms with Gasteiger partial charge in [-0.2, -0.15) is 4.31 Å². The summed E-state index contributed by atoms with van der Waals surface area (Å²) >= 11 is 0. The Hall–Kier alpha value is -2.78. The molecule has 0 bridgehead atoms. The largest absolute Gasteiger partial charge is 0.334 e. The van der Waals surface area contributed by atoms with Crippen molar-refractivity contribution in [3.8, 4) is 0 Å². The third-order valence-electron chi connectivity index (χ3n) is 4.88. The first-order chi connectivity index (χ1) is 13.4. The van der Waals surface area contributed by atoms with E-state index in [1.807, 2.05) is 0 Å². The molecule has 0 aliphatic carbocycles. The van der Waals surface area contributed by atoms with Crippen LogP contribution in [-0.2, 0) is 16.6 Å². The van der Waals surface area contributed by atoms with Crippen LogP contribution in [0.5, 0.6) is 0 Å². The van der Waals surface area contributed by atoms with E-state index in [1.165, 1.54) is 28.7 Å². The summed E-state index contributed by atoms with van der Waals surface area (Å²) in [5.74, 6) is -0.319. The van der Waals surface area contributed by atoms with Crippen LogP contribution in [0, 0.1) is 5.82 Å². The molecule has 0 saturated heterocycles. The fourth-order valence-corrected chi connectivity index (χ4v) is 4.74. The fourth-order valence-electron chi connectivity index (χ4n) is 3.38. The first-order valence-corrected chi connectivity index (χ1v) is 10.3. The number of halogens is 1. The van der Waals surface area contributed by atoms with Gasteiger partial charge in [0.2, 0.25) is 0 Å². The van der Waals surface area contributed by atoms with Crippen molar-refractivity contribution in [1.82, 2.24) is 19.5 Å². The van der Waals surface area contributed by atoms with E-state index < -0.39 is 10.0 Å². The van der Waals surface area contributed by atoms with Gasteiger partial charge in [0.15, 0.2) is 5.03 Å². The molecule has 146 valence electrons. The molecule has 3 heterocycles. The SMILES string of the molecule is O=C(NCc1ccc(F)cc1)N1CC2=C(C1)CN(S(=O)(=O)c1ccccn1)C2. The first kappa shape index (κ1) is 18.6. The van der Waals surface area contributed by atoms with E-state index >= 15 is 0 Å². The van der Waals surface area contributed by atoms with Crippen LogP contribution in [-0.4, -0.2) is 54.8 Å². The summed E-state index contributed by atoms with van der Waals surface area (Å²) in [4.78, 5) is 18.0. The predicted molar refractivity (Wildman–Crippen MR) is 100 cm³/mol. The Morgan fingerprint density at radius 1 is 1.04 bits per heavy atom. The number of nitrogens with one attached hydrogen (secondary N) is 1. The number of amides is 2. The lowest BCUT2D eigenvalue weighted by Gasteiger charge is -2.22. The molecule has 0 unspecified atom stereocenters. The second-order valence-corrected chi connectivity index (χ2v) is 8.67. The Bertz CT molecular complexity index is 1000. The number of carbonyl (C=O) groups excluding carboxylic acids is 1. The Morgan fingerprint density at radius 3 is 2.32 bits per heavy atom. The minimum absolute atomic E-state index is 0.0325. The highest BCUT2D eigenvalue weighted by Gasteiger charge is 2.37. The van der Waals surface area contributed by atoms with E-state index in [0.29, 0.717) is 19.6 Å². The van der Waals surface area contributed by atoms with Gasteiger partial charge >= 0.3 is 6.03 Å². The van der Waals surface area contributed by atoms with Gasteiger partial charge in [0.05, 0.1) is 0 Å². The summed E-state index contributed by atoms with van der Waals surface area (Å²) in [6.45, 7) is 1.66. The van der Waals surface area contributed by atoms with Gasteiger partial charge in [-0.25, -0.2) is 22.6 Å². The number of sulfonamides is 1. The molecule has 2 aromatic rings. The summed E-state index contributed by atoms with van der Waals surface area (Å²) in [7, 11) is -3.64. The van der Waals surface area contributed by atoms with Crippen LogP contribution in [0.2, 0.25) is 0 Å². The molecule has 0 fully saturated rings. The Labute approximate surface area is 162 Å². The summed E-state index contributed by atoms with van der Waals surface area (Å²) in [5, 5.41) is 2.85. The van der Waals surface area contributed by atoms with Crippen LogP contribution in [0.25, 0.3) is 0 Å². The number of pyridine rings is 1. The number of nitrogens with zero attached hydrogens (tertiary/aromatic N) is 3. The van der Waals surface area contributed by atoms with E-state index in [9.17, 15) is 17.6 Å². The molecule has 1 aromatic carbocycles. The van der Waals surface area contributed by atoms with Crippen molar-refractivity contribution < 1.29 is 17.6 Å². The summed E-state index contributed by atoms with van der Waals surface area (Å²) in [5.41, 5.74) is 2.72. The molecule has 9 heteroatoms. The van der Waals surface area contributed by atoms with Crippen molar-refractivity contribution in [1.29, 1.82) is 0 Å². The average Bonchev–Trinajstić information content (AvgIpc) is 3.28. The normalized spacial score (nSPS) is 17.1. The van der Waals surface area contributed by atoms with Crippen molar-refractivity contribution in [3.63, 3.8) is 0 Å². The molecule has 0 spiro atoms. The third-order valence-corrected chi connectivity index (χ3v) is 6.59. The van der Waals surface area contributed by atoms with Crippen LogP contribution in [0.3, 0.4) is 0 Å². The number of carbonyl (C=O) groups is 1. The molecule has 2 amide bonds. The number of hydrogen-bond acceptors (Lipinski definition) is 4. The van der Waals surface area contributed by atoms with Gasteiger partial charge in [-0.05, 0) is 41.0 Å². The minimum atomic E-state index is -3.64. The van der Waals surface area contributed by atoms with Gasteiger partial charge in [-0.15, -0.1) is 0 Å². The maximum Gasteiger partial charge on any atom is 0.318 e. The van der Waals surface area contributed by atoms with E-state index in [4.69, 9.17) is 0 Å². The molecule has 2 aliphatic rings. The highest BCUT2D eigenvalue weighted by atomic mass is 32.2. The quantitative estimate of drug-likeness (QED) is 0.790. The zero-order valence-electron chi connectivity index (χ0n) is 15.0. The first-order valence-electron chi connectivity index (χ1n) is 8.81. The lowest BCUT2D eigenvalue weighted by atomic mass is 10.2. The average molecular weight is 402 g/mol. The van der Waals surface area contributed by atoms with Crippen molar-refractivity contribution >= 4 is 16.1 Å². The van der Waals surface area contributed by atoms with Gasteiger partial charge < -0.3 is 10.2 Å². The van der Waals surface area contributed by atoms with Gasteiger partial charge in [0, 0.05) is 38.9 Å². The van der Waals surface area contributed by atoms with E-state index in [1.54, 1.807) is 29.2 Å². The van der Waals surface area contributed by atoms with E-state index in [2.05, 4.69) is 10.3 Å². The molecule has 0 atom stereocenters. The minimum Gasteiger partial charge on any atom is -0.334 e. The highest BCUT2D eigenvalue weighted by Crippen LogP contribution is 2.29. The van der Waals surface area contributed by atoms with E-state index in [0.717, 1.165) is 16.7 Å². The number of urea groups is 1. The Balaban J connectivity index is 1.33. The third kappa shape index (κ3) is 3.63. The van der Waals surface area contributed by atoms with Crippen LogP contribution >= 0.6 is 0 Å². The maximum atomic E-state index is 12.9. The second kappa shape index (κ2) is 7.33. The van der Waals surface area contributed by atoms with Crippen LogP contribution in [0.15, 0.2) is 64.8 Å². The van der Waals surface area contributed by atoms with Gasteiger partial charge in [-0.3, -0.25) is 0 Å².